The Kier molecular flexibility index (Phi) is 3.90. The highest BCUT2D eigenvalue weighted by Crippen LogP contribution is 2.31. The van der Waals surface area contributed by atoms with Crippen molar-refractivity contribution in [3.8, 4) is 0 Å². The van der Waals surface area contributed by atoms with Crippen LogP contribution in [0, 0.1) is 6.92 Å². The molecule has 0 atom stereocenters. The maximum absolute atomic E-state index is 6.21. The summed E-state index contributed by atoms with van der Waals surface area (Å²) in [6, 6.07) is 5.83. The van der Waals surface area contributed by atoms with E-state index in [4.69, 9.17) is 17.3 Å². The number of rotatable bonds is 3. The van der Waals surface area contributed by atoms with E-state index in [1.165, 1.54) is 6.33 Å². The average Bonchev–Trinajstić information content (AvgIpc) is 2.32. The summed E-state index contributed by atoms with van der Waals surface area (Å²) in [5, 5.41) is 3.89. The number of hydrogen-bond donors (Lipinski definition) is 2. The lowest BCUT2D eigenvalue weighted by Gasteiger charge is -2.15. The van der Waals surface area contributed by atoms with Gasteiger partial charge in [0.05, 0.1) is 10.7 Å². The Morgan fingerprint density at radius 2 is 2.00 bits per heavy atom. The largest absolute Gasteiger partial charge is 0.383 e. The van der Waals surface area contributed by atoms with E-state index in [0.29, 0.717) is 16.7 Å². The zero-order chi connectivity index (χ0) is 14.0. The number of hydrogen-bond acceptors (Lipinski definition) is 4. The zero-order valence-corrected chi connectivity index (χ0v) is 12.0. The molecule has 5 heteroatoms. The summed E-state index contributed by atoms with van der Waals surface area (Å²) in [5.41, 5.74) is 8.74. The maximum Gasteiger partial charge on any atom is 0.139 e. The monoisotopic (exact) mass is 276 g/mol. The van der Waals surface area contributed by atoms with E-state index in [0.717, 1.165) is 16.8 Å². The van der Waals surface area contributed by atoms with Crippen molar-refractivity contribution in [1.29, 1.82) is 0 Å². The van der Waals surface area contributed by atoms with Crippen molar-refractivity contribution in [2.45, 2.75) is 26.7 Å². The van der Waals surface area contributed by atoms with E-state index in [2.05, 4.69) is 29.1 Å². The normalized spacial score (nSPS) is 10.8. The molecule has 0 aliphatic carbocycles. The fraction of sp³-hybridized carbons (Fsp3) is 0.286. The topological polar surface area (TPSA) is 63.8 Å². The second kappa shape index (κ2) is 5.45. The lowest BCUT2D eigenvalue weighted by Crippen LogP contribution is -2.06. The van der Waals surface area contributed by atoms with Gasteiger partial charge in [0.2, 0.25) is 0 Å². The molecular weight excluding hydrogens is 260 g/mol. The van der Waals surface area contributed by atoms with Crippen LogP contribution in [0.3, 0.4) is 0 Å². The lowest BCUT2D eigenvalue weighted by atomic mass is 10.0. The number of nitrogens with two attached hydrogens (primary N) is 1. The molecule has 1 aromatic carbocycles. The van der Waals surface area contributed by atoms with Crippen molar-refractivity contribution in [3.63, 3.8) is 0 Å². The quantitative estimate of drug-likeness (QED) is 0.893. The first-order valence-electron chi connectivity index (χ1n) is 6.12. The van der Waals surface area contributed by atoms with E-state index in [-0.39, 0.29) is 5.92 Å². The Balaban J connectivity index is 2.41. The van der Waals surface area contributed by atoms with Gasteiger partial charge in [0, 0.05) is 5.56 Å². The molecule has 19 heavy (non-hydrogen) atoms. The number of aromatic nitrogens is 2. The molecule has 0 amide bonds. The molecule has 1 heterocycles. The second-order valence-electron chi connectivity index (χ2n) is 4.78. The molecule has 0 unspecified atom stereocenters. The molecule has 0 fully saturated rings. The number of benzene rings is 1. The highest BCUT2D eigenvalue weighted by Gasteiger charge is 2.13. The third-order valence-corrected chi connectivity index (χ3v) is 3.18. The van der Waals surface area contributed by atoms with E-state index in [9.17, 15) is 0 Å². The summed E-state index contributed by atoms with van der Waals surface area (Å²) >= 11 is 6.21. The minimum atomic E-state index is 0.230. The van der Waals surface area contributed by atoms with Crippen LogP contribution in [0.4, 0.5) is 17.3 Å². The van der Waals surface area contributed by atoms with Gasteiger partial charge >= 0.3 is 0 Å². The first-order valence-corrected chi connectivity index (χ1v) is 6.50. The summed E-state index contributed by atoms with van der Waals surface area (Å²) in [6.45, 7) is 6.10. The molecule has 0 saturated heterocycles. The van der Waals surface area contributed by atoms with Crippen LogP contribution in [-0.2, 0) is 0 Å². The summed E-state index contributed by atoms with van der Waals surface area (Å²) in [7, 11) is 0. The molecule has 100 valence electrons. The van der Waals surface area contributed by atoms with E-state index < -0.39 is 0 Å². The smallest absolute Gasteiger partial charge is 0.139 e. The summed E-state index contributed by atoms with van der Waals surface area (Å²) < 4.78 is 0. The Bertz CT molecular complexity index is 596. The van der Waals surface area contributed by atoms with Gasteiger partial charge in [-0.1, -0.05) is 31.5 Å². The van der Waals surface area contributed by atoms with Crippen LogP contribution in [0.1, 0.15) is 30.9 Å². The van der Waals surface area contributed by atoms with Gasteiger partial charge in [-0.2, -0.15) is 0 Å². The third kappa shape index (κ3) is 2.96. The highest BCUT2D eigenvalue weighted by atomic mass is 35.5. The Morgan fingerprint density at radius 3 is 2.63 bits per heavy atom. The molecule has 2 aromatic rings. The molecule has 0 saturated carbocycles. The number of nitrogens with zero attached hydrogens (tertiary/aromatic N) is 2. The van der Waals surface area contributed by atoms with Crippen LogP contribution in [-0.4, -0.2) is 9.97 Å². The van der Waals surface area contributed by atoms with Gasteiger partial charge in [0.15, 0.2) is 0 Å². The van der Waals surface area contributed by atoms with Crippen LogP contribution in [0.25, 0.3) is 0 Å². The number of aryl methyl sites for hydroxylation is 1. The van der Waals surface area contributed by atoms with Gasteiger partial charge in [-0.05, 0) is 30.5 Å². The predicted octanol–water partition coefficient (Wildman–Crippen LogP) is 3.89. The third-order valence-electron chi connectivity index (χ3n) is 2.87. The highest BCUT2D eigenvalue weighted by molar-refractivity contribution is 6.33. The van der Waals surface area contributed by atoms with Gasteiger partial charge in [-0.15, -0.1) is 0 Å². The fourth-order valence-corrected chi connectivity index (χ4v) is 2.21. The van der Waals surface area contributed by atoms with Crippen molar-refractivity contribution < 1.29 is 0 Å². The number of nitrogen functional groups attached to an aromatic ring is 1. The molecule has 4 nitrogen and oxygen atoms in total. The summed E-state index contributed by atoms with van der Waals surface area (Å²) in [5.74, 6) is 1.43. The zero-order valence-electron chi connectivity index (χ0n) is 11.2. The predicted molar refractivity (Wildman–Crippen MR) is 80.0 cm³/mol. The van der Waals surface area contributed by atoms with E-state index >= 15 is 0 Å². The van der Waals surface area contributed by atoms with Crippen molar-refractivity contribution in [3.05, 3.63) is 40.7 Å². The summed E-state index contributed by atoms with van der Waals surface area (Å²) in [6.07, 6.45) is 1.45. The molecule has 3 N–H and O–H groups in total. The maximum atomic E-state index is 6.21. The molecule has 0 aliphatic heterocycles. The molecule has 2 rings (SSSR count). The van der Waals surface area contributed by atoms with Gasteiger partial charge in [0.25, 0.3) is 0 Å². The molecule has 0 aliphatic rings. The van der Waals surface area contributed by atoms with Crippen LogP contribution in [0.15, 0.2) is 24.5 Å². The van der Waals surface area contributed by atoms with Gasteiger partial charge in [-0.3, -0.25) is 0 Å². The van der Waals surface area contributed by atoms with Gasteiger partial charge in [0.1, 0.15) is 18.0 Å². The van der Waals surface area contributed by atoms with Crippen LogP contribution in [0.5, 0.6) is 0 Å². The number of nitrogens with one attached hydrogen (secondary N) is 1. The lowest BCUT2D eigenvalue weighted by molar-refractivity contribution is 0.855. The average molecular weight is 277 g/mol. The Labute approximate surface area is 118 Å². The molecule has 0 bridgehead atoms. The van der Waals surface area contributed by atoms with E-state index in [1.54, 1.807) is 0 Å². The fourth-order valence-electron chi connectivity index (χ4n) is 1.93. The molecule has 0 radical (unpaired) electrons. The Morgan fingerprint density at radius 1 is 1.26 bits per heavy atom. The minimum absolute atomic E-state index is 0.230. The van der Waals surface area contributed by atoms with Crippen LogP contribution < -0.4 is 11.1 Å². The number of anilines is 3. The first kappa shape index (κ1) is 13.6. The SMILES string of the molecule is Cc1ccc(Nc2ncnc(N)c2C(C)C)c(Cl)c1. The summed E-state index contributed by atoms with van der Waals surface area (Å²) in [4.78, 5) is 8.29. The van der Waals surface area contributed by atoms with Crippen LogP contribution in [0.2, 0.25) is 5.02 Å². The minimum Gasteiger partial charge on any atom is -0.383 e. The number of halogens is 1. The first-order chi connectivity index (χ1) is 8.99. The molecule has 1 aromatic heterocycles. The standard InChI is InChI=1S/C14H17ClN4/c1-8(2)12-13(16)17-7-18-14(12)19-11-5-4-9(3)6-10(11)15/h4-8H,1-3H3,(H3,16,17,18,19). The van der Waals surface area contributed by atoms with Gasteiger partial charge < -0.3 is 11.1 Å². The van der Waals surface area contributed by atoms with Crippen molar-refractivity contribution in [1.82, 2.24) is 9.97 Å². The van der Waals surface area contributed by atoms with Crippen molar-refractivity contribution >= 4 is 28.9 Å². The second-order valence-corrected chi connectivity index (χ2v) is 5.19. The molecule has 0 spiro atoms. The van der Waals surface area contributed by atoms with Crippen LogP contribution >= 0.6 is 11.6 Å². The van der Waals surface area contributed by atoms with E-state index in [1.807, 2.05) is 25.1 Å². The van der Waals surface area contributed by atoms with Crippen molar-refractivity contribution in [2.24, 2.45) is 0 Å². The molecular formula is C14H17ClN4. The van der Waals surface area contributed by atoms with Crippen molar-refractivity contribution in [2.75, 3.05) is 11.1 Å². The van der Waals surface area contributed by atoms with Gasteiger partial charge in [-0.25, -0.2) is 9.97 Å². The Hall–Kier alpha value is -1.81.